The molecule has 30 heavy (non-hydrogen) atoms. The van der Waals surface area contributed by atoms with Crippen LogP contribution < -0.4 is 10.9 Å². The molecular formula is C23H20N4O2S. The van der Waals surface area contributed by atoms with Crippen molar-refractivity contribution in [2.45, 2.75) is 20.4 Å². The van der Waals surface area contributed by atoms with Gasteiger partial charge in [0.2, 0.25) is 0 Å². The Labute approximate surface area is 178 Å². The van der Waals surface area contributed by atoms with Crippen molar-refractivity contribution in [3.05, 3.63) is 98.3 Å². The van der Waals surface area contributed by atoms with Gasteiger partial charge in [-0.05, 0) is 73.6 Å². The minimum absolute atomic E-state index is 0.220. The predicted molar refractivity (Wildman–Crippen MR) is 120 cm³/mol. The van der Waals surface area contributed by atoms with E-state index in [-0.39, 0.29) is 16.2 Å². The van der Waals surface area contributed by atoms with E-state index in [4.69, 9.17) is 12.2 Å². The lowest BCUT2D eigenvalue weighted by Gasteiger charge is -2.13. The van der Waals surface area contributed by atoms with Crippen molar-refractivity contribution in [2.75, 3.05) is 0 Å². The second-order valence-corrected chi connectivity index (χ2v) is 7.44. The summed E-state index contributed by atoms with van der Waals surface area (Å²) in [5, 5.41) is 3.30. The number of H-pyrrole nitrogens is 1. The van der Waals surface area contributed by atoms with E-state index in [1.807, 2.05) is 50.2 Å². The number of carbonyl (C=O) groups is 1. The maximum Gasteiger partial charge on any atom is 0.266 e. The zero-order valence-corrected chi connectivity index (χ0v) is 17.4. The molecule has 0 atom stereocenters. The largest absolute Gasteiger partial charge is 0.346 e. The first kappa shape index (κ1) is 19.7. The van der Waals surface area contributed by atoms with E-state index in [9.17, 15) is 9.59 Å². The fraction of sp³-hybridized carbons (Fsp3) is 0.130. The number of pyridine rings is 1. The molecule has 7 heteroatoms. The maximum absolute atomic E-state index is 13.2. The molecule has 0 unspecified atom stereocenters. The van der Waals surface area contributed by atoms with Crippen LogP contribution in [-0.4, -0.2) is 20.4 Å². The van der Waals surface area contributed by atoms with Crippen molar-refractivity contribution in [2.24, 2.45) is 0 Å². The highest BCUT2D eigenvalue weighted by molar-refractivity contribution is 7.71. The SMILES string of the molecule is Cc1cccc(-n2c(=S)[nH]c3cc(C(=O)NCc4ccccn4)ccc3c2=O)c1C. The Morgan fingerprint density at radius 2 is 1.97 bits per heavy atom. The topological polar surface area (TPSA) is 79.8 Å². The quantitative estimate of drug-likeness (QED) is 0.493. The molecule has 0 aliphatic heterocycles. The fourth-order valence-corrected chi connectivity index (χ4v) is 3.62. The number of fused-ring (bicyclic) bond motifs is 1. The number of aromatic nitrogens is 3. The van der Waals surface area contributed by atoms with E-state index < -0.39 is 0 Å². The van der Waals surface area contributed by atoms with Gasteiger partial charge in [-0.3, -0.25) is 19.1 Å². The molecule has 4 aromatic rings. The van der Waals surface area contributed by atoms with Crippen LogP contribution in [0, 0.1) is 18.6 Å². The van der Waals surface area contributed by atoms with E-state index in [0.29, 0.717) is 23.0 Å². The molecule has 6 nitrogen and oxygen atoms in total. The van der Waals surface area contributed by atoms with Crippen LogP contribution in [0.2, 0.25) is 0 Å². The molecule has 0 aliphatic rings. The number of rotatable bonds is 4. The first-order chi connectivity index (χ1) is 14.5. The molecule has 1 amide bonds. The Balaban J connectivity index is 1.71. The number of benzene rings is 2. The fourth-order valence-electron chi connectivity index (χ4n) is 3.33. The van der Waals surface area contributed by atoms with Crippen molar-refractivity contribution < 1.29 is 4.79 Å². The minimum atomic E-state index is -0.249. The molecule has 2 heterocycles. The first-order valence-corrected chi connectivity index (χ1v) is 9.90. The summed E-state index contributed by atoms with van der Waals surface area (Å²) in [5.41, 5.74) is 4.33. The van der Waals surface area contributed by atoms with Crippen LogP contribution in [0.3, 0.4) is 0 Å². The van der Waals surface area contributed by atoms with Crippen molar-refractivity contribution in [1.29, 1.82) is 0 Å². The van der Waals surface area contributed by atoms with Crippen molar-refractivity contribution >= 4 is 29.0 Å². The third-order valence-electron chi connectivity index (χ3n) is 5.13. The van der Waals surface area contributed by atoms with E-state index in [2.05, 4.69) is 15.3 Å². The summed E-state index contributed by atoms with van der Waals surface area (Å²) in [6.07, 6.45) is 1.68. The Bertz CT molecular complexity index is 1370. The first-order valence-electron chi connectivity index (χ1n) is 9.49. The van der Waals surface area contributed by atoms with Crippen LogP contribution >= 0.6 is 12.2 Å². The number of aryl methyl sites for hydroxylation is 1. The van der Waals surface area contributed by atoms with Crippen LogP contribution in [-0.2, 0) is 6.54 Å². The number of hydrogen-bond donors (Lipinski definition) is 2. The highest BCUT2D eigenvalue weighted by Gasteiger charge is 2.13. The van der Waals surface area contributed by atoms with Gasteiger partial charge in [0, 0.05) is 11.8 Å². The average Bonchev–Trinajstić information content (AvgIpc) is 2.75. The normalized spacial score (nSPS) is 10.9. The smallest absolute Gasteiger partial charge is 0.266 e. The summed E-state index contributed by atoms with van der Waals surface area (Å²) in [7, 11) is 0. The summed E-state index contributed by atoms with van der Waals surface area (Å²) >= 11 is 5.47. The summed E-state index contributed by atoms with van der Waals surface area (Å²) in [4.78, 5) is 33.0. The van der Waals surface area contributed by atoms with Gasteiger partial charge in [-0.1, -0.05) is 18.2 Å². The van der Waals surface area contributed by atoms with Gasteiger partial charge in [-0.15, -0.1) is 0 Å². The van der Waals surface area contributed by atoms with Gasteiger partial charge in [0.25, 0.3) is 11.5 Å². The molecule has 0 saturated heterocycles. The third-order valence-corrected chi connectivity index (χ3v) is 5.42. The van der Waals surface area contributed by atoms with Crippen molar-refractivity contribution in [1.82, 2.24) is 19.9 Å². The molecule has 0 fully saturated rings. The number of carbonyl (C=O) groups excluding carboxylic acids is 1. The third kappa shape index (κ3) is 3.67. The second-order valence-electron chi connectivity index (χ2n) is 7.05. The number of nitrogens with one attached hydrogen (secondary N) is 2. The lowest BCUT2D eigenvalue weighted by atomic mass is 10.1. The molecule has 2 N–H and O–H groups in total. The van der Waals surface area contributed by atoms with Crippen LogP contribution in [0.25, 0.3) is 16.6 Å². The van der Waals surface area contributed by atoms with Crippen molar-refractivity contribution in [3.8, 4) is 5.69 Å². The summed E-state index contributed by atoms with van der Waals surface area (Å²) in [6.45, 7) is 4.28. The Kier molecular flexibility index (Phi) is 5.29. The standard InChI is InChI=1S/C23H20N4O2S/c1-14-6-5-8-20(15(14)2)27-22(29)18-10-9-16(12-19(18)26-23(27)30)21(28)25-13-17-7-3-4-11-24-17/h3-12H,13H2,1-2H3,(H,25,28)(H,26,30). The molecular weight excluding hydrogens is 396 g/mol. The zero-order valence-electron chi connectivity index (χ0n) is 16.6. The highest BCUT2D eigenvalue weighted by Crippen LogP contribution is 2.18. The van der Waals surface area contributed by atoms with Gasteiger partial charge < -0.3 is 10.3 Å². The van der Waals surface area contributed by atoms with Crippen LogP contribution in [0.5, 0.6) is 0 Å². The summed E-state index contributed by atoms with van der Waals surface area (Å²) in [5.74, 6) is -0.249. The summed E-state index contributed by atoms with van der Waals surface area (Å²) < 4.78 is 1.79. The van der Waals surface area contributed by atoms with Crippen LogP contribution in [0.1, 0.15) is 27.2 Å². The number of aromatic amines is 1. The van der Waals surface area contributed by atoms with Crippen molar-refractivity contribution in [3.63, 3.8) is 0 Å². The number of nitrogens with zero attached hydrogens (tertiary/aromatic N) is 2. The minimum Gasteiger partial charge on any atom is -0.346 e. The number of amides is 1. The number of hydrogen-bond acceptors (Lipinski definition) is 4. The zero-order chi connectivity index (χ0) is 21.3. The van der Waals surface area contributed by atoms with Gasteiger partial charge in [0.1, 0.15) is 0 Å². The van der Waals surface area contributed by atoms with E-state index >= 15 is 0 Å². The molecule has 4 rings (SSSR count). The maximum atomic E-state index is 13.2. The lowest BCUT2D eigenvalue weighted by Crippen LogP contribution is -2.24. The molecule has 2 aromatic heterocycles. The Hall–Kier alpha value is -3.58. The predicted octanol–water partition coefficient (Wildman–Crippen LogP) is 3.99. The van der Waals surface area contributed by atoms with Gasteiger partial charge >= 0.3 is 0 Å². The summed E-state index contributed by atoms with van der Waals surface area (Å²) in [6, 6.07) is 16.2. The molecule has 150 valence electrons. The van der Waals surface area contributed by atoms with Gasteiger partial charge in [0.05, 0.1) is 28.8 Å². The Morgan fingerprint density at radius 1 is 1.13 bits per heavy atom. The molecule has 0 bridgehead atoms. The van der Waals surface area contributed by atoms with Crippen LogP contribution in [0.4, 0.5) is 0 Å². The molecule has 0 spiro atoms. The Morgan fingerprint density at radius 3 is 2.73 bits per heavy atom. The van der Waals surface area contributed by atoms with Crippen LogP contribution in [0.15, 0.2) is 65.6 Å². The van der Waals surface area contributed by atoms with E-state index in [1.54, 1.807) is 24.4 Å². The molecule has 2 aromatic carbocycles. The van der Waals surface area contributed by atoms with Gasteiger partial charge in [-0.25, -0.2) is 0 Å². The molecule has 0 saturated carbocycles. The molecule has 0 radical (unpaired) electrons. The average molecular weight is 417 g/mol. The van der Waals surface area contributed by atoms with Gasteiger partial charge in [-0.2, -0.15) is 0 Å². The van der Waals surface area contributed by atoms with E-state index in [1.165, 1.54) is 4.57 Å². The lowest BCUT2D eigenvalue weighted by molar-refractivity contribution is 0.0950. The second kappa shape index (κ2) is 8.04. The highest BCUT2D eigenvalue weighted by atomic mass is 32.1. The van der Waals surface area contributed by atoms with Gasteiger partial charge in [0.15, 0.2) is 4.77 Å². The molecule has 0 aliphatic carbocycles. The van der Waals surface area contributed by atoms with E-state index in [0.717, 1.165) is 22.5 Å². The monoisotopic (exact) mass is 416 g/mol.